The second-order valence-electron chi connectivity index (χ2n) is 6.09. The van der Waals surface area contributed by atoms with Gasteiger partial charge in [0.15, 0.2) is 5.17 Å². The number of amidine groups is 1. The molecule has 1 aliphatic heterocycles. The van der Waals surface area contributed by atoms with Gasteiger partial charge in [-0.2, -0.15) is 5.10 Å². The van der Waals surface area contributed by atoms with Crippen molar-refractivity contribution in [2.24, 2.45) is 10.2 Å². The standard InChI is InChI=1S/C20H19BrN4O2S/c1-25(2)15-7-4-13(5-8-15)11-18-19(26)23-20(28-18)24-22-12-14-6-9-17(27-3)16(21)10-14/h4-12H,1-3H3,(H,23,24,26)/b18-11-,22-12+. The summed E-state index contributed by atoms with van der Waals surface area (Å²) < 4.78 is 6.03. The van der Waals surface area contributed by atoms with Crippen LogP contribution >= 0.6 is 27.7 Å². The molecular weight excluding hydrogens is 440 g/mol. The third-order valence-corrected chi connectivity index (χ3v) is 5.41. The van der Waals surface area contributed by atoms with E-state index in [9.17, 15) is 4.79 Å². The molecule has 1 saturated heterocycles. The van der Waals surface area contributed by atoms with Gasteiger partial charge in [0.2, 0.25) is 0 Å². The fraction of sp³-hybridized carbons (Fsp3) is 0.150. The SMILES string of the molecule is COc1ccc(/C=N/N=C2/NC(=O)/C(=C/c3ccc(N(C)C)cc3)S2)cc1Br. The molecule has 0 aliphatic carbocycles. The molecule has 0 radical (unpaired) electrons. The van der Waals surface area contributed by atoms with Crippen LogP contribution in [0.1, 0.15) is 11.1 Å². The van der Waals surface area contributed by atoms with Crippen molar-refractivity contribution in [1.29, 1.82) is 0 Å². The molecule has 0 atom stereocenters. The Morgan fingerprint density at radius 2 is 1.86 bits per heavy atom. The van der Waals surface area contributed by atoms with Crippen molar-refractivity contribution in [1.82, 2.24) is 5.32 Å². The number of anilines is 1. The summed E-state index contributed by atoms with van der Waals surface area (Å²) in [6, 6.07) is 13.6. The number of nitrogens with one attached hydrogen (secondary N) is 1. The number of rotatable bonds is 5. The molecule has 1 N–H and O–H groups in total. The second kappa shape index (κ2) is 9.07. The molecule has 0 aromatic heterocycles. The van der Waals surface area contributed by atoms with Crippen LogP contribution < -0.4 is 15.0 Å². The number of benzene rings is 2. The summed E-state index contributed by atoms with van der Waals surface area (Å²) in [5.41, 5.74) is 2.92. The lowest BCUT2D eigenvalue weighted by atomic mass is 10.2. The van der Waals surface area contributed by atoms with E-state index in [1.807, 2.05) is 67.5 Å². The van der Waals surface area contributed by atoms with E-state index in [4.69, 9.17) is 4.74 Å². The van der Waals surface area contributed by atoms with Crippen molar-refractivity contribution in [2.45, 2.75) is 0 Å². The third-order valence-electron chi connectivity index (χ3n) is 3.89. The topological polar surface area (TPSA) is 66.3 Å². The molecule has 1 aliphatic rings. The van der Waals surface area contributed by atoms with Crippen molar-refractivity contribution in [3.05, 3.63) is 63.0 Å². The minimum absolute atomic E-state index is 0.178. The Hall–Kier alpha value is -2.58. The lowest BCUT2D eigenvalue weighted by Gasteiger charge is -2.11. The smallest absolute Gasteiger partial charge is 0.264 e. The number of hydrogen-bond acceptors (Lipinski definition) is 6. The molecule has 144 valence electrons. The van der Waals surface area contributed by atoms with Crippen LogP contribution in [0.5, 0.6) is 5.75 Å². The van der Waals surface area contributed by atoms with Gasteiger partial charge in [0, 0.05) is 19.8 Å². The van der Waals surface area contributed by atoms with Gasteiger partial charge in [0.05, 0.1) is 22.7 Å². The Balaban J connectivity index is 1.68. The van der Waals surface area contributed by atoms with E-state index >= 15 is 0 Å². The van der Waals surface area contributed by atoms with Crippen LogP contribution in [0, 0.1) is 0 Å². The number of carbonyl (C=O) groups is 1. The molecule has 0 unspecified atom stereocenters. The number of hydrogen-bond donors (Lipinski definition) is 1. The molecule has 28 heavy (non-hydrogen) atoms. The Kier molecular flexibility index (Phi) is 6.53. The highest BCUT2D eigenvalue weighted by Gasteiger charge is 2.23. The van der Waals surface area contributed by atoms with Crippen molar-refractivity contribution in [3.8, 4) is 5.75 Å². The lowest BCUT2D eigenvalue weighted by Crippen LogP contribution is -2.19. The van der Waals surface area contributed by atoms with E-state index in [-0.39, 0.29) is 5.91 Å². The average molecular weight is 459 g/mol. The minimum atomic E-state index is -0.178. The van der Waals surface area contributed by atoms with E-state index < -0.39 is 0 Å². The van der Waals surface area contributed by atoms with Crippen molar-refractivity contribution in [2.75, 3.05) is 26.1 Å². The van der Waals surface area contributed by atoms with Crippen LogP contribution in [0.25, 0.3) is 6.08 Å². The maximum atomic E-state index is 12.2. The van der Waals surface area contributed by atoms with Crippen molar-refractivity contribution < 1.29 is 9.53 Å². The summed E-state index contributed by atoms with van der Waals surface area (Å²) in [4.78, 5) is 14.8. The van der Waals surface area contributed by atoms with E-state index in [1.165, 1.54) is 11.8 Å². The van der Waals surface area contributed by atoms with Crippen LogP contribution in [0.15, 0.2) is 62.0 Å². The van der Waals surface area contributed by atoms with E-state index in [0.717, 1.165) is 27.0 Å². The first-order chi connectivity index (χ1) is 13.5. The number of carbonyl (C=O) groups excluding carboxylic acids is 1. The van der Waals surface area contributed by atoms with Gasteiger partial charge >= 0.3 is 0 Å². The molecule has 3 rings (SSSR count). The minimum Gasteiger partial charge on any atom is -0.496 e. The third kappa shape index (κ3) is 5.02. The second-order valence-corrected chi connectivity index (χ2v) is 7.98. The Morgan fingerprint density at radius 1 is 1.14 bits per heavy atom. The number of thioether (sulfide) groups is 1. The van der Waals surface area contributed by atoms with E-state index in [1.54, 1.807) is 13.3 Å². The fourth-order valence-corrected chi connectivity index (χ4v) is 3.74. The predicted octanol–water partition coefficient (Wildman–Crippen LogP) is 4.12. The van der Waals surface area contributed by atoms with Gasteiger partial charge in [0.1, 0.15) is 5.75 Å². The Morgan fingerprint density at radius 3 is 2.50 bits per heavy atom. The highest BCUT2D eigenvalue weighted by atomic mass is 79.9. The molecule has 0 bridgehead atoms. The highest BCUT2D eigenvalue weighted by Crippen LogP contribution is 2.27. The first kappa shape index (κ1) is 20.2. The monoisotopic (exact) mass is 458 g/mol. The number of nitrogens with zero attached hydrogens (tertiary/aromatic N) is 3. The summed E-state index contributed by atoms with van der Waals surface area (Å²) in [6.07, 6.45) is 3.46. The van der Waals surface area contributed by atoms with Crippen molar-refractivity contribution >= 4 is 56.7 Å². The number of ether oxygens (including phenoxy) is 1. The molecule has 0 saturated carbocycles. The summed E-state index contributed by atoms with van der Waals surface area (Å²) in [5.74, 6) is 0.568. The van der Waals surface area contributed by atoms with Crippen LogP contribution in [-0.2, 0) is 4.79 Å². The van der Waals surface area contributed by atoms with Gasteiger partial charge in [-0.25, -0.2) is 0 Å². The number of amides is 1. The van der Waals surface area contributed by atoms with Gasteiger partial charge < -0.3 is 9.64 Å². The van der Waals surface area contributed by atoms with Gasteiger partial charge in [-0.3, -0.25) is 10.1 Å². The number of methoxy groups -OCH3 is 1. The molecule has 2 aromatic carbocycles. The lowest BCUT2D eigenvalue weighted by molar-refractivity contribution is -0.115. The predicted molar refractivity (Wildman–Crippen MR) is 120 cm³/mol. The zero-order valence-corrected chi connectivity index (χ0v) is 18.0. The Bertz CT molecular complexity index is 969. The van der Waals surface area contributed by atoms with Crippen molar-refractivity contribution in [3.63, 3.8) is 0 Å². The number of halogens is 1. The first-order valence-electron chi connectivity index (χ1n) is 8.39. The Labute approximate surface area is 176 Å². The van der Waals surface area contributed by atoms with Crippen LogP contribution in [-0.4, -0.2) is 38.5 Å². The summed E-state index contributed by atoms with van der Waals surface area (Å²) in [6.45, 7) is 0. The van der Waals surface area contributed by atoms with Crippen LogP contribution in [0.4, 0.5) is 5.69 Å². The molecule has 8 heteroatoms. The maximum absolute atomic E-state index is 12.2. The molecular formula is C20H19BrN4O2S. The van der Waals surface area contributed by atoms with Crippen LogP contribution in [0.2, 0.25) is 0 Å². The molecule has 1 fully saturated rings. The highest BCUT2D eigenvalue weighted by molar-refractivity contribution is 9.10. The van der Waals surface area contributed by atoms with E-state index in [0.29, 0.717) is 10.1 Å². The largest absolute Gasteiger partial charge is 0.496 e. The van der Waals surface area contributed by atoms with Gasteiger partial charge in [-0.05, 0) is 75.2 Å². The molecule has 1 heterocycles. The molecule has 0 spiro atoms. The fourth-order valence-electron chi connectivity index (χ4n) is 2.41. The zero-order chi connectivity index (χ0) is 20.1. The van der Waals surface area contributed by atoms with E-state index in [2.05, 4.69) is 31.4 Å². The first-order valence-corrected chi connectivity index (χ1v) is 10.00. The molecule has 1 amide bonds. The summed E-state index contributed by atoms with van der Waals surface area (Å²) >= 11 is 4.70. The maximum Gasteiger partial charge on any atom is 0.264 e. The normalized spacial score (nSPS) is 16.8. The molecule has 6 nitrogen and oxygen atoms in total. The van der Waals surface area contributed by atoms with Gasteiger partial charge in [0.25, 0.3) is 5.91 Å². The summed E-state index contributed by atoms with van der Waals surface area (Å²) in [7, 11) is 5.59. The van der Waals surface area contributed by atoms with Gasteiger partial charge in [-0.15, -0.1) is 5.10 Å². The summed E-state index contributed by atoms with van der Waals surface area (Å²) in [5, 5.41) is 11.3. The zero-order valence-electron chi connectivity index (χ0n) is 15.6. The van der Waals surface area contributed by atoms with Gasteiger partial charge in [-0.1, -0.05) is 12.1 Å². The van der Waals surface area contributed by atoms with Crippen LogP contribution in [0.3, 0.4) is 0 Å². The molecule has 2 aromatic rings. The average Bonchev–Trinajstić information content (AvgIpc) is 3.01. The quantitative estimate of drug-likeness (QED) is 0.415.